The molecule has 1 amide bonds. The van der Waals surface area contributed by atoms with Gasteiger partial charge in [-0.25, -0.2) is 12.8 Å². The smallest absolute Gasteiger partial charge is 0.275 e. The standard InChI is InChI=1S/C22H21Cl3FN3O5S/c1-13-16-11-14(26)3-5-17(16)27-20(13)35(32,33)15-4-6-19(34-2)18(12-15)29(31)9-7-28(8-10-29)21(30)22(23,24)25/h3-6,11-12,27H,7-10H2,1-2H3. The number of methoxy groups -OCH3 is 1. The molecular formula is C22H21Cl3FN3O5S. The van der Waals surface area contributed by atoms with Gasteiger partial charge in [0.25, 0.3) is 9.70 Å². The van der Waals surface area contributed by atoms with E-state index in [-0.39, 0.29) is 47.5 Å². The van der Waals surface area contributed by atoms with Crippen LogP contribution >= 0.6 is 34.8 Å². The minimum Gasteiger partial charge on any atom is -0.627 e. The molecule has 0 spiro atoms. The number of hydroxylamine groups is 2. The van der Waals surface area contributed by atoms with Crippen LogP contribution in [-0.4, -0.2) is 61.3 Å². The second kappa shape index (κ2) is 9.10. The zero-order chi connectivity index (χ0) is 25.8. The van der Waals surface area contributed by atoms with Crippen molar-refractivity contribution in [2.75, 3.05) is 33.3 Å². The Balaban J connectivity index is 1.72. The molecule has 1 N–H and O–H groups in total. The minimum absolute atomic E-state index is 0.00304. The molecule has 2 heterocycles. The van der Waals surface area contributed by atoms with Crippen molar-refractivity contribution in [3.8, 4) is 5.75 Å². The van der Waals surface area contributed by atoms with Crippen molar-refractivity contribution >= 4 is 67.1 Å². The van der Waals surface area contributed by atoms with Crippen molar-refractivity contribution in [3.05, 3.63) is 53.0 Å². The highest BCUT2D eigenvalue weighted by atomic mass is 35.6. The monoisotopic (exact) mass is 563 g/mol. The largest absolute Gasteiger partial charge is 0.627 e. The van der Waals surface area contributed by atoms with Gasteiger partial charge in [-0.05, 0) is 42.8 Å². The summed E-state index contributed by atoms with van der Waals surface area (Å²) in [6.45, 7) is 1.39. The number of H-pyrrole nitrogens is 1. The third-order valence-corrected chi connectivity index (χ3v) is 8.44. The summed E-state index contributed by atoms with van der Waals surface area (Å²) in [6.07, 6.45) is 0. The fraction of sp³-hybridized carbons (Fsp3) is 0.318. The van der Waals surface area contributed by atoms with E-state index in [4.69, 9.17) is 39.5 Å². The summed E-state index contributed by atoms with van der Waals surface area (Å²) in [7, 11) is -2.73. The molecule has 0 saturated carbocycles. The first kappa shape index (κ1) is 26.0. The Kier molecular flexibility index (Phi) is 6.76. The number of halogens is 4. The maximum Gasteiger partial charge on any atom is 0.275 e. The quantitative estimate of drug-likeness (QED) is 0.286. The first-order valence-electron chi connectivity index (χ1n) is 10.4. The number of aromatic amines is 1. The first-order valence-corrected chi connectivity index (χ1v) is 13.1. The Morgan fingerprint density at radius 3 is 2.43 bits per heavy atom. The lowest BCUT2D eigenvalue weighted by molar-refractivity contribution is -0.131. The Bertz CT molecular complexity index is 1410. The van der Waals surface area contributed by atoms with E-state index >= 15 is 0 Å². The van der Waals surface area contributed by atoms with Crippen LogP contribution in [0.25, 0.3) is 10.9 Å². The SMILES string of the molecule is COc1ccc(S(=O)(=O)c2[nH]c3ccc(F)cc3c2C)cc1[N+]1([O-])CCN(C(=O)C(Cl)(Cl)Cl)CC1. The number of rotatable bonds is 4. The number of hydrogen-bond acceptors (Lipinski definition) is 5. The van der Waals surface area contributed by atoms with E-state index in [1.54, 1.807) is 6.92 Å². The van der Waals surface area contributed by atoms with Crippen LogP contribution in [0, 0.1) is 17.9 Å². The summed E-state index contributed by atoms with van der Waals surface area (Å²) in [6, 6.07) is 7.99. The number of nitrogens with zero attached hydrogens (tertiary/aromatic N) is 2. The predicted molar refractivity (Wildman–Crippen MR) is 133 cm³/mol. The number of carbonyl (C=O) groups excluding carboxylic acids is 1. The molecule has 1 saturated heterocycles. The highest BCUT2D eigenvalue weighted by Crippen LogP contribution is 2.39. The van der Waals surface area contributed by atoms with Crippen LogP contribution in [-0.2, 0) is 14.6 Å². The van der Waals surface area contributed by atoms with Crippen LogP contribution in [0.15, 0.2) is 46.3 Å². The van der Waals surface area contributed by atoms with Crippen molar-refractivity contribution in [3.63, 3.8) is 0 Å². The molecular weight excluding hydrogens is 544 g/mol. The van der Waals surface area contributed by atoms with E-state index in [2.05, 4.69) is 4.98 Å². The molecule has 1 fully saturated rings. The molecule has 0 atom stereocenters. The molecule has 1 aliphatic rings. The maximum absolute atomic E-state index is 13.8. The van der Waals surface area contributed by atoms with Crippen LogP contribution < -0.4 is 9.38 Å². The van der Waals surface area contributed by atoms with E-state index in [1.807, 2.05) is 0 Å². The van der Waals surface area contributed by atoms with Crippen LogP contribution in [0.2, 0.25) is 0 Å². The number of nitrogens with one attached hydrogen (secondary N) is 1. The zero-order valence-corrected chi connectivity index (χ0v) is 21.7. The highest BCUT2D eigenvalue weighted by Gasteiger charge is 2.40. The summed E-state index contributed by atoms with van der Waals surface area (Å²) in [5.74, 6) is -1.02. The van der Waals surface area contributed by atoms with Gasteiger partial charge in [-0.3, -0.25) is 4.79 Å². The Labute approximate surface area is 216 Å². The molecule has 0 radical (unpaired) electrons. The van der Waals surface area contributed by atoms with Crippen molar-refractivity contribution in [2.24, 2.45) is 0 Å². The Hall–Kier alpha value is -2.08. The van der Waals surface area contributed by atoms with Gasteiger partial charge in [-0.2, -0.15) is 0 Å². The van der Waals surface area contributed by atoms with Gasteiger partial charge < -0.3 is 24.5 Å². The molecule has 4 rings (SSSR count). The van der Waals surface area contributed by atoms with Gasteiger partial charge in [0, 0.05) is 17.0 Å². The second-order valence-electron chi connectivity index (χ2n) is 8.23. The molecule has 35 heavy (non-hydrogen) atoms. The molecule has 0 aliphatic carbocycles. The summed E-state index contributed by atoms with van der Waals surface area (Å²) in [5, 5.41) is 14.1. The van der Waals surface area contributed by atoms with Crippen molar-refractivity contribution in [1.82, 2.24) is 14.5 Å². The molecule has 3 aromatic rings. The van der Waals surface area contributed by atoms with Gasteiger partial charge in [-0.15, -0.1) is 0 Å². The van der Waals surface area contributed by atoms with Gasteiger partial charge in [0.2, 0.25) is 9.84 Å². The van der Waals surface area contributed by atoms with Crippen molar-refractivity contribution in [2.45, 2.75) is 20.6 Å². The molecule has 13 heteroatoms. The number of benzene rings is 2. The Morgan fingerprint density at radius 1 is 1.17 bits per heavy atom. The van der Waals surface area contributed by atoms with E-state index < -0.39 is 30.0 Å². The molecule has 2 aromatic carbocycles. The second-order valence-corrected chi connectivity index (χ2v) is 12.4. The van der Waals surface area contributed by atoms with Crippen molar-refractivity contribution < 1.29 is 22.3 Å². The highest BCUT2D eigenvalue weighted by molar-refractivity contribution is 7.91. The Morgan fingerprint density at radius 2 is 1.83 bits per heavy atom. The fourth-order valence-corrected chi connectivity index (χ4v) is 6.09. The number of ether oxygens (including phenoxy) is 1. The zero-order valence-electron chi connectivity index (χ0n) is 18.6. The number of sulfone groups is 1. The average Bonchev–Trinajstić information content (AvgIpc) is 3.14. The molecule has 0 unspecified atom stereocenters. The number of amides is 1. The summed E-state index contributed by atoms with van der Waals surface area (Å²) >= 11 is 17.0. The number of hydrogen-bond donors (Lipinski definition) is 1. The average molecular weight is 565 g/mol. The summed E-state index contributed by atoms with van der Waals surface area (Å²) < 4.78 is 43.0. The minimum atomic E-state index is -4.10. The topological polar surface area (TPSA) is 103 Å². The first-order chi connectivity index (χ1) is 16.3. The fourth-order valence-electron chi connectivity index (χ4n) is 4.23. The van der Waals surface area contributed by atoms with Gasteiger partial charge in [-0.1, -0.05) is 34.8 Å². The van der Waals surface area contributed by atoms with Crippen LogP contribution in [0.5, 0.6) is 5.75 Å². The molecule has 1 aromatic heterocycles. The molecule has 0 bridgehead atoms. The lowest BCUT2D eigenvalue weighted by Crippen LogP contribution is -2.59. The van der Waals surface area contributed by atoms with Crippen LogP contribution in [0.1, 0.15) is 5.56 Å². The third-order valence-electron chi connectivity index (χ3n) is 6.13. The van der Waals surface area contributed by atoms with Gasteiger partial charge in [0.1, 0.15) is 23.9 Å². The van der Waals surface area contributed by atoms with Gasteiger partial charge >= 0.3 is 0 Å². The number of quaternary nitrogens is 1. The molecule has 8 nitrogen and oxygen atoms in total. The van der Waals surface area contributed by atoms with Gasteiger partial charge in [0.15, 0.2) is 11.4 Å². The lowest BCUT2D eigenvalue weighted by Gasteiger charge is -2.48. The van der Waals surface area contributed by atoms with Crippen LogP contribution in [0.3, 0.4) is 0 Å². The number of carbonyl (C=O) groups is 1. The normalized spacial score (nSPS) is 16.5. The van der Waals surface area contributed by atoms with E-state index in [9.17, 15) is 22.8 Å². The number of aryl methyl sites for hydroxylation is 1. The predicted octanol–water partition coefficient (Wildman–Crippen LogP) is 4.47. The number of alkyl halides is 3. The summed E-state index contributed by atoms with van der Waals surface area (Å²) in [4.78, 5) is 16.2. The van der Waals surface area contributed by atoms with E-state index in [1.165, 1.54) is 48.4 Å². The molecule has 1 aliphatic heterocycles. The number of fused-ring (bicyclic) bond motifs is 1. The third kappa shape index (κ3) is 4.71. The number of aromatic nitrogens is 1. The van der Waals surface area contributed by atoms with Gasteiger partial charge in [0.05, 0.1) is 25.1 Å². The number of piperazine rings is 1. The summed E-state index contributed by atoms with van der Waals surface area (Å²) in [5.41, 5.74) is 0.925. The lowest BCUT2D eigenvalue weighted by atomic mass is 10.2. The van der Waals surface area contributed by atoms with E-state index in [0.29, 0.717) is 16.5 Å². The van der Waals surface area contributed by atoms with Crippen molar-refractivity contribution in [1.29, 1.82) is 0 Å². The maximum atomic E-state index is 13.8. The molecule has 188 valence electrons. The van der Waals surface area contributed by atoms with E-state index in [0.717, 1.165) is 0 Å². The van der Waals surface area contributed by atoms with Crippen LogP contribution in [0.4, 0.5) is 10.1 Å².